The van der Waals surface area contributed by atoms with Crippen LogP contribution >= 0.6 is 0 Å². The van der Waals surface area contributed by atoms with Crippen LogP contribution in [-0.4, -0.2) is 79.4 Å². The first kappa shape index (κ1) is 25.3. The SMILES string of the molecule is COCC(=O)C(CC1CCNC1=O)NC(=O)C1C2CCCC2CN1C(=O)c1cc2c(OC)cccc2[nH]1. The molecular weight excluding hydrogens is 476 g/mol. The average Bonchev–Trinajstić information content (AvgIpc) is 3.66. The number of benzene rings is 1. The standard InChI is InChI=1S/C27H34N4O6/c1-36-14-22(32)20(11-15-9-10-28-25(15)33)30-26(34)24-17-6-3-5-16(17)13-31(24)27(35)21-12-18-19(29-21)7-4-8-23(18)37-2/h4,7-8,12,15-17,20,24,29H,3,5-6,9-11,13-14H2,1-2H3,(H,28,33)(H,30,34). The third-order valence-electron chi connectivity index (χ3n) is 8.17. The zero-order valence-corrected chi connectivity index (χ0v) is 21.2. The molecule has 3 heterocycles. The highest BCUT2D eigenvalue weighted by Crippen LogP contribution is 2.43. The minimum atomic E-state index is -0.851. The third kappa shape index (κ3) is 4.82. The van der Waals surface area contributed by atoms with E-state index in [0.29, 0.717) is 31.0 Å². The molecule has 10 nitrogen and oxygen atoms in total. The van der Waals surface area contributed by atoms with Crippen LogP contribution < -0.4 is 15.4 Å². The van der Waals surface area contributed by atoms with Gasteiger partial charge in [-0.2, -0.15) is 0 Å². The number of Topliss-reactive ketones (excluding diaryl/α,β-unsaturated/α-hetero) is 1. The Bertz CT molecular complexity index is 1210. The molecule has 0 radical (unpaired) electrons. The van der Waals surface area contributed by atoms with Crippen molar-refractivity contribution in [1.82, 2.24) is 20.5 Å². The molecule has 3 fully saturated rings. The molecule has 2 aliphatic heterocycles. The number of ether oxygens (including phenoxy) is 2. The highest BCUT2D eigenvalue weighted by molar-refractivity contribution is 6.02. The maximum Gasteiger partial charge on any atom is 0.271 e. The van der Waals surface area contributed by atoms with Crippen LogP contribution in [0.1, 0.15) is 42.6 Å². The van der Waals surface area contributed by atoms with Crippen molar-refractivity contribution in [2.45, 2.75) is 44.2 Å². The summed E-state index contributed by atoms with van der Waals surface area (Å²) in [7, 11) is 3.01. The van der Waals surface area contributed by atoms with Gasteiger partial charge >= 0.3 is 0 Å². The molecule has 3 N–H and O–H groups in total. The van der Waals surface area contributed by atoms with Crippen LogP contribution in [-0.2, 0) is 19.1 Å². The zero-order chi connectivity index (χ0) is 26.1. The number of amides is 3. The van der Waals surface area contributed by atoms with Crippen molar-refractivity contribution in [2.75, 3.05) is 33.9 Å². The topological polar surface area (TPSA) is 130 Å². The molecule has 5 unspecified atom stereocenters. The van der Waals surface area contributed by atoms with Crippen LogP contribution in [0.15, 0.2) is 24.3 Å². The quantitative estimate of drug-likeness (QED) is 0.470. The fraction of sp³-hybridized carbons (Fsp3) is 0.556. The van der Waals surface area contributed by atoms with Crippen LogP contribution in [0.2, 0.25) is 0 Å². The fourth-order valence-corrected chi connectivity index (χ4v) is 6.35. The number of carbonyl (C=O) groups excluding carboxylic acids is 4. The van der Waals surface area contributed by atoms with Gasteiger partial charge in [-0.3, -0.25) is 19.2 Å². The minimum Gasteiger partial charge on any atom is -0.496 e. The van der Waals surface area contributed by atoms with Gasteiger partial charge in [-0.05, 0) is 55.7 Å². The second-order valence-corrected chi connectivity index (χ2v) is 10.3. The Morgan fingerprint density at radius 2 is 2.03 bits per heavy atom. The smallest absolute Gasteiger partial charge is 0.271 e. The van der Waals surface area contributed by atoms with Crippen LogP contribution in [0.5, 0.6) is 5.75 Å². The van der Waals surface area contributed by atoms with Gasteiger partial charge in [0, 0.05) is 37.0 Å². The van der Waals surface area contributed by atoms with Crippen molar-refractivity contribution in [3.63, 3.8) is 0 Å². The van der Waals surface area contributed by atoms with Gasteiger partial charge in [-0.25, -0.2) is 0 Å². The van der Waals surface area contributed by atoms with E-state index in [2.05, 4.69) is 15.6 Å². The largest absolute Gasteiger partial charge is 0.496 e. The minimum absolute atomic E-state index is 0.0378. The first-order chi connectivity index (χ1) is 17.9. The number of fused-ring (bicyclic) bond motifs is 2. The molecule has 1 aromatic carbocycles. The molecule has 37 heavy (non-hydrogen) atoms. The summed E-state index contributed by atoms with van der Waals surface area (Å²) in [5, 5.41) is 6.50. The van der Waals surface area contributed by atoms with Gasteiger partial charge in [-0.1, -0.05) is 12.5 Å². The molecule has 2 saturated heterocycles. The molecule has 2 aromatic rings. The van der Waals surface area contributed by atoms with Gasteiger partial charge in [0.2, 0.25) is 11.8 Å². The normalized spacial score (nSPS) is 25.7. The van der Waals surface area contributed by atoms with Crippen LogP contribution in [0.4, 0.5) is 0 Å². The number of likely N-dealkylation sites (tertiary alicyclic amines) is 1. The molecule has 1 aliphatic carbocycles. The van der Waals surface area contributed by atoms with Crippen molar-refractivity contribution in [2.24, 2.45) is 17.8 Å². The van der Waals surface area contributed by atoms with Gasteiger partial charge in [0.1, 0.15) is 24.1 Å². The van der Waals surface area contributed by atoms with E-state index < -0.39 is 12.1 Å². The molecule has 1 saturated carbocycles. The van der Waals surface area contributed by atoms with Gasteiger partial charge in [0.15, 0.2) is 5.78 Å². The van der Waals surface area contributed by atoms with E-state index in [1.54, 1.807) is 18.1 Å². The summed E-state index contributed by atoms with van der Waals surface area (Å²) in [5.41, 5.74) is 1.18. The number of nitrogens with zero attached hydrogens (tertiary/aromatic N) is 1. The number of aromatic nitrogens is 1. The van der Waals surface area contributed by atoms with E-state index in [-0.39, 0.29) is 54.3 Å². The monoisotopic (exact) mass is 510 g/mol. The number of nitrogens with one attached hydrogen (secondary N) is 3. The molecule has 0 bridgehead atoms. The highest BCUT2D eigenvalue weighted by atomic mass is 16.5. The maximum atomic E-state index is 13.8. The van der Waals surface area contributed by atoms with E-state index in [1.165, 1.54) is 7.11 Å². The predicted molar refractivity (Wildman–Crippen MR) is 135 cm³/mol. The van der Waals surface area contributed by atoms with E-state index in [9.17, 15) is 19.2 Å². The second-order valence-electron chi connectivity index (χ2n) is 10.3. The lowest BCUT2D eigenvalue weighted by Crippen LogP contribution is -2.53. The van der Waals surface area contributed by atoms with Crippen molar-refractivity contribution >= 4 is 34.4 Å². The fourth-order valence-electron chi connectivity index (χ4n) is 6.35. The lowest BCUT2D eigenvalue weighted by atomic mass is 9.92. The van der Waals surface area contributed by atoms with Crippen LogP contribution in [0.25, 0.3) is 10.9 Å². The number of ketones is 1. The Morgan fingerprint density at radius 3 is 2.76 bits per heavy atom. The van der Waals surface area contributed by atoms with Crippen molar-refractivity contribution < 1.29 is 28.7 Å². The van der Waals surface area contributed by atoms with Crippen molar-refractivity contribution in [3.8, 4) is 5.75 Å². The number of rotatable bonds is 9. The van der Waals surface area contributed by atoms with Crippen molar-refractivity contribution in [3.05, 3.63) is 30.0 Å². The zero-order valence-electron chi connectivity index (χ0n) is 21.2. The second kappa shape index (κ2) is 10.5. The van der Waals surface area contributed by atoms with Crippen LogP contribution in [0.3, 0.4) is 0 Å². The number of aromatic amines is 1. The van der Waals surface area contributed by atoms with E-state index >= 15 is 0 Å². The summed E-state index contributed by atoms with van der Waals surface area (Å²) in [6, 6.07) is 5.80. The Labute approximate surface area is 215 Å². The van der Waals surface area contributed by atoms with Gasteiger partial charge in [-0.15, -0.1) is 0 Å². The third-order valence-corrected chi connectivity index (χ3v) is 8.17. The highest BCUT2D eigenvalue weighted by Gasteiger charge is 2.50. The first-order valence-corrected chi connectivity index (χ1v) is 13.0. The number of hydrogen-bond donors (Lipinski definition) is 3. The summed E-state index contributed by atoms with van der Waals surface area (Å²) in [5.74, 6) is -0.372. The number of carbonyl (C=O) groups is 4. The van der Waals surface area contributed by atoms with Gasteiger partial charge in [0.25, 0.3) is 5.91 Å². The van der Waals surface area contributed by atoms with Gasteiger partial charge in [0.05, 0.1) is 13.2 Å². The summed E-state index contributed by atoms with van der Waals surface area (Å²) >= 11 is 0. The molecule has 3 amide bonds. The molecular formula is C27H34N4O6. The van der Waals surface area contributed by atoms with E-state index in [1.807, 2.05) is 18.2 Å². The molecule has 10 heteroatoms. The summed E-state index contributed by atoms with van der Waals surface area (Å²) < 4.78 is 10.5. The van der Waals surface area contributed by atoms with E-state index in [0.717, 1.165) is 30.2 Å². The Kier molecular flexibility index (Phi) is 7.19. The average molecular weight is 511 g/mol. The molecule has 5 rings (SSSR count). The Balaban J connectivity index is 1.39. The molecule has 1 aromatic heterocycles. The maximum absolute atomic E-state index is 13.8. The molecule has 5 atom stereocenters. The number of methoxy groups -OCH3 is 2. The molecule has 0 spiro atoms. The molecule has 3 aliphatic rings. The van der Waals surface area contributed by atoms with E-state index in [4.69, 9.17) is 9.47 Å². The summed E-state index contributed by atoms with van der Waals surface area (Å²) in [6.07, 6.45) is 3.67. The Morgan fingerprint density at radius 1 is 1.19 bits per heavy atom. The van der Waals surface area contributed by atoms with Crippen molar-refractivity contribution in [1.29, 1.82) is 0 Å². The predicted octanol–water partition coefficient (Wildman–Crippen LogP) is 1.64. The number of hydrogen-bond acceptors (Lipinski definition) is 6. The number of H-pyrrole nitrogens is 1. The first-order valence-electron chi connectivity index (χ1n) is 13.0. The van der Waals surface area contributed by atoms with Gasteiger partial charge < -0.3 is 30.0 Å². The lowest BCUT2D eigenvalue weighted by Gasteiger charge is -2.29. The lowest BCUT2D eigenvalue weighted by molar-refractivity contribution is -0.133. The summed E-state index contributed by atoms with van der Waals surface area (Å²) in [4.78, 5) is 57.3. The summed E-state index contributed by atoms with van der Waals surface area (Å²) in [6.45, 7) is 0.901. The van der Waals surface area contributed by atoms with Crippen LogP contribution in [0, 0.1) is 17.8 Å². The Hall–Kier alpha value is -3.40. The molecule has 198 valence electrons.